The van der Waals surface area contributed by atoms with Crippen LogP contribution in [-0.2, 0) is 0 Å². The first kappa shape index (κ1) is 20.9. The number of nitro groups is 1. The van der Waals surface area contributed by atoms with E-state index in [0.717, 1.165) is 4.90 Å². The van der Waals surface area contributed by atoms with Gasteiger partial charge in [0.05, 0.1) is 15.5 Å². The molecule has 1 unspecified atom stereocenters. The van der Waals surface area contributed by atoms with Crippen LogP contribution in [0, 0.1) is 21.4 Å². The fourth-order valence-electron chi connectivity index (χ4n) is 2.84. The lowest BCUT2D eigenvalue weighted by Crippen LogP contribution is -2.02. The zero-order chi connectivity index (χ0) is 21.7. The highest BCUT2D eigenvalue weighted by Gasteiger charge is 2.15. The molecule has 150 valence electrons. The molecule has 0 bridgehead atoms. The van der Waals surface area contributed by atoms with Crippen LogP contribution in [0.2, 0.25) is 0 Å². The Hall–Kier alpha value is -3.80. The van der Waals surface area contributed by atoms with Crippen LogP contribution in [0.15, 0.2) is 82.7 Å². The van der Waals surface area contributed by atoms with Crippen molar-refractivity contribution in [1.29, 1.82) is 5.26 Å². The predicted octanol–water partition coefficient (Wildman–Crippen LogP) is 4.20. The van der Waals surface area contributed by atoms with Crippen LogP contribution in [0.3, 0.4) is 0 Å². The van der Waals surface area contributed by atoms with Gasteiger partial charge in [-0.1, -0.05) is 42.1 Å². The van der Waals surface area contributed by atoms with E-state index in [2.05, 4.69) is 6.07 Å². The van der Waals surface area contributed by atoms with Crippen molar-refractivity contribution in [2.24, 2.45) is 5.73 Å². The predicted molar refractivity (Wildman–Crippen MR) is 117 cm³/mol. The molecule has 0 heterocycles. The highest BCUT2D eigenvalue weighted by molar-refractivity contribution is 8.03. The van der Waals surface area contributed by atoms with Crippen LogP contribution in [0.5, 0.6) is 0 Å². The molecule has 0 aromatic heterocycles. The van der Waals surface area contributed by atoms with Gasteiger partial charge in [0.1, 0.15) is 12.2 Å². The minimum Gasteiger partial charge on any atom is -0.398 e. The first-order valence-electron chi connectivity index (χ1n) is 8.85. The molecular formula is C22H18N4O3S. The Kier molecular flexibility index (Phi) is 6.37. The SMILES string of the molecule is N#C/C(=C(\N)Sc1ccccc1N)c1cccc(C(O)c2ccc([N+](=O)[O-])cc2)c1. The Bertz CT molecular complexity index is 1150. The van der Waals surface area contributed by atoms with Gasteiger partial charge in [-0.15, -0.1) is 0 Å². The second-order valence-corrected chi connectivity index (χ2v) is 7.45. The summed E-state index contributed by atoms with van der Waals surface area (Å²) in [7, 11) is 0. The molecule has 0 aliphatic rings. The van der Waals surface area contributed by atoms with Gasteiger partial charge in [0.25, 0.3) is 5.69 Å². The van der Waals surface area contributed by atoms with Crippen LogP contribution >= 0.6 is 11.8 Å². The minimum absolute atomic E-state index is 0.0561. The summed E-state index contributed by atoms with van der Waals surface area (Å²) in [5, 5.41) is 31.5. The Morgan fingerprint density at radius 3 is 2.40 bits per heavy atom. The van der Waals surface area contributed by atoms with Crippen LogP contribution in [0.1, 0.15) is 22.8 Å². The van der Waals surface area contributed by atoms with Crippen LogP contribution < -0.4 is 11.5 Å². The van der Waals surface area contributed by atoms with Gasteiger partial charge in [-0.3, -0.25) is 10.1 Å². The van der Waals surface area contributed by atoms with E-state index in [1.807, 2.05) is 18.2 Å². The quantitative estimate of drug-likeness (QED) is 0.179. The molecule has 0 fully saturated rings. The molecule has 5 N–H and O–H groups in total. The number of aliphatic hydroxyl groups excluding tert-OH is 1. The molecule has 30 heavy (non-hydrogen) atoms. The maximum atomic E-state index is 10.8. The topological polar surface area (TPSA) is 139 Å². The number of nitro benzene ring substituents is 1. The van der Waals surface area contributed by atoms with Crippen molar-refractivity contribution in [3.63, 3.8) is 0 Å². The van der Waals surface area contributed by atoms with Gasteiger partial charge in [0.2, 0.25) is 0 Å². The molecule has 3 rings (SSSR count). The van der Waals surface area contributed by atoms with Crippen molar-refractivity contribution >= 4 is 28.7 Å². The van der Waals surface area contributed by atoms with Gasteiger partial charge in [-0.25, -0.2) is 0 Å². The fraction of sp³-hybridized carbons (Fsp3) is 0.0455. The minimum atomic E-state index is -1.01. The van der Waals surface area contributed by atoms with Crippen LogP contribution in [0.25, 0.3) is 5.57 Å². The summed E-state index contributed by atoms with van der Waals surface area (Å²) in [4.78, 5) is 11.0. The molecule has 0 saturated carbocycles. The molecule has 3 aromatic carbocycles. The molecule has 7 nitrogen and oxygen atoms in total. The number of thioether (sulfide) groups is 1. The summed E-state index contributed by atoms with van der Waals surface area (Å²) < 4.78 is 0. The lowest BCUT2D eigenvalue weighted by Gasteiger charge is -2.13. The van der Waals surface area contributed by atoms with Gasteiger partial charge in [0.15, 0.2) is 0 Å². The van der Waals surface area contributed by atoms with Crippen molar-refractivity contribution in [1.82, 2.24) is 0 Å². The molecule has 0 aliphatic carbocycles. The van der Waals surface area contributed by atoms with Gasteiger partial charge in [-0.05, 0) is 47.0 Å². The number of aliphatic hydroxyl groups is 1. The first-order chi connectivity index (χ1) is 14.4. The zero-order valence-electron chi connectivity index (χ0n) is 15.7. The van der Waals surface area contributed by atoms with E-state index in [4.69, 9.17) is 11.5 Å². The number of allylic oxidation sites excluding steroid dienone is 1. The standard InChI is InChI=1S/C22H18N4O3S/c23-13-18(22(25)30-20-7-2-1-6-19(20)24)15-4-3-5-16(12-15)21(27)14-8-10-17(11-9-14)26(28)29/h1-12,21,27H,24-25H2/b22-18-. The van der Waals surface area contributed by atoms with E-state index >= 15 is 0 Å². The Morgan fingerprint density at radius 2 is 1.77 bits per heavy atom. The van der Waals surface area contributed by atoms with Crippen molar-refractivity contribution in [3.8, 4) is 6.07 Å². The van der Waals surface area contributed by atoms with Gasteiger partial charge < -0.3 is 16.6 Å². The number of nitriles is 1. The van der Waals surface area contributed by atoms with E-state index in [9.17, 15) is 20.5 Å². The maximum Gasteiger partial charge on any atom is 0.269 e. The fourth-order valence-corrected chi connectivity index (χ4v) is 3.67. The summed E-state index contributed by atoms with van der Waals surface area (Å²) in [6.07, 6.45) is -1.01. The number of nitrogens with zero attached hydrogens (tertiary/aromatic N) is 2. The van der Waals surface area contributed by atoms with E-state index < -0.39 is 11.0 Å². The third-order valence-electron chi connectivity index (χ3n) is 4.41. The summed E-state index contributed by atoms with van der Waals surface area (Å²) in [6, 6.07) is 21.8. The second-order valence-electron chi connectivity index (χ2n) is 6.37. The smallest absolute Gasteiger partial charge is 0.269 e. The van der Waals surface area contributed by atoms with E-state index in [0.29, 0.717) is 22.4 Å². The number of rotatable bonds is 6. The lowest BCUT2D eigenvalue weighted by molar-refractivity contribution is -0.384. The monoisotopic (exact) mass is 418 g/mol. The van der Waals surface area contributed by atoms with E-state index in [1.165, 1.54) is 36.0 Å². The number of nitrogens with two attached hydrogens (primary N) is 2. The van der Waals surface area contributed by atoms with Gasteiger partial charge >= 0.3 is 0 Å². The van der Waals surface area contributed by atoms with Gasteiger partial charge in [0, 0.05) is 22.7 Å². The molecular weight excluding hydrogens is 400 g/mol. The highest BCUT2D eigenvalue weighted by Crippen LogP contribution is 2.33. The molecule has 0 amide bonds. The van der Waals surface area contributed by atoms with Crippen molar-refractivity contribution in [2.45, 2.75) is 11.0 Å². The first-order valence-corrected chi connectivity index (χ1v) is 9.67. The molecule has 3 aromatic rings. The summed E-state index contributed by atoms with van der Waals surface area (Å²) >= 11 is 1.20. The Morgan fingerprint density at radius 1 is 1.07 bits per heavy atom. The van der Waals surface area contributed by atoms with Crippen LogP contribution in [0.4, 0.5) is 11.4 Å². The number of nitrogen functional groups attached to an aromatic ring is 1. The molecule has 1 atom stereocenters. The van der Waals surface area contributed by atoms with Crippen molar-refractivity contribution in [2.75, 3.05) is 5.73 Å². The van der Waals surface area contributed by atoms with Crippen molar-refractivity contribution < 1.29 is 10.0 Å². The molecule has 8 heteroatoms. The zero-order valence-corrected chi connectivity index (χ0v) is 16.5. The number of benzene rings is 3. The molecule has 0 saturated heterocycles. The Balaban J connectivity index is 1.91. The van der Waals surface area contributed by atoms with Crippen molar-refractivity contribution in [3.05, 3.63) is 105 Å². The number of anilines is 1. The lowest BCUT2D eigenvalue weighted by atomic mass is 9.97. The highest BCUT2D eigenvalue weighted by atomic mass is 32.2. The largest absolute Gasteiger partial charge is 0.398 e. The van der Waals surface area contributed by atoms with E-state index in [-0.39, 0.29) is 16.3 Å². The maximum absolute atomic E-state index is 10.8. The van der Waals surface area contributed by atoms with Gasteiger partial charge in [-0.2, -0.15) is 5.26 Å². The third kappa shape index (κ3) is 4.60. The summed E-state index contributed by atoms with van der Waals surface area (Å²) in [5.41, 5.74) is 14.5. The second kappa shape index (κ2) is 9.13. The average molecular weight is 418 g/mol. The number of hydrogen-bond acceptors (Lipinski definition) is 7. The summed E-state index contributed by atoms with van der Waals surface area (Å²) in [5.74, 6) is 0. The average Bonchev–Trinajstić information content (AvgIpc) is 2.75. The Labute approximate surface area is 177 Å². The summed E-state index contributed by atoms with van der Waals surface area (Å²) in [6.45, 7) is 0. The third-order valence-corrected chi connectivity index (χ3v) is 5.42. The van der Waals surface area contributed by atoms with Crippen LogP contribution in [-0.4, -0.2) is 10.0 Å². The number of hydrogen-bond donors (Lipinski definition) is 3. The molecule has 0 aliphatic heterocycles. The normalized spacial score (nSPS) is 12.5. The van der Waals surface area contributed by atoms with E-state index in [1.54, 1.807) is 30.3 Å². The molecule has 0 spiro atoms. The molecule has 0 radical (unpaired) electrons. The number of non-ortho nitro benzene ring substituents is 1. The number of para-hydroxylation sites is 1.